The molecule has 1 fully saturated rings. The van der Waals surface area contributed by atoms with Gasteiger partial charge in [0.25, 0.3) is 5.91 Å². The summed E-state index contributed by atoms with van der Waals surface area (Å²) in [7, 11) is 2.05. The maximum absolute atomic E-state index is 13.8. The fraction of sp³-hybridized carbons (Fsp3) is 0.357. The number of benzene rings is 1. The highest BCUT2D eigenvalue weighted by molar-refractivity contribution is 7.21. The Morgan fingerprint density at radius 3 is 2.71 bits per heavy atom. The van der Waals surface area contributed by atoms with Gasteiger partial charge < -0.3 is 10.6 Å². The van der Waals surface area contributed by atoms with E-state index in [1.165, 1.54) is 17.4 Å². The van der Waals surface area contributed by atoms with E-state index >= 15 is 0 Å². The lowest BCUT2D eigenvalue weighted by Crippen LogP contribution is -2.52. The Morgan fingerprint density at radius 1 is 1.33 bits per heavy atom. The minimum absolute atomic E-state index is 0.222. The lowest BCUT2D eigenvalue weighted by Gasteiger charge is -2.32. The molecule has 0 saturated carbocycles. The molecule has 21 heavy (non-hydrogen) atoms. The van der Waals surface area contributed by atoms with Crippen LogP contribution < -0.4 is 11.2 Å². The summed E-state index contributed by atoms with van der Waals surface area (Å²) in [5, 5.41) is 2.22. The second-order valence-electron chi connectivity index (χ2n) is 5.19. The number of rotatable bonds is 2. The summed E-state index contributed by atoms with van der Waals surface area (Å²) in [6.45, 7) is 3.33. The van der Waals surface area contributed by atoms with E-state index in [0.717, 1.165) is 26.2 Å². The van der Waals surface area contributed by atoms with Crippen molar-refractivity contribution in [1.29, 1.82) is 0 Å². The molecule has 0 radical (unpaired) electrons. The van der Waals surface area contributed by atoms with E-state index in [0.29, 0.717) is 15.0 Å². The topological polar surface area (TPSA) is 61.6 Å². The van der Waals surface area contributed by atoms with E-state index in [1.807, 2.05) is 12.1 Å². The number of anilines is 1. The summed E-state index contributed by atoms with van der Waals surface area (Å²) in [4.78, 5) is 14.9. The average Bonchev–Trinajstić information content (AvgIpc) is 2.80. The molecular formula is C14H17FN4OS. The zero-order valence-corrected chi connectivity index (χ0v) is 12.5. The minimum atomic E-state index is -0.389. The van der Waals surface area contributed by atoms with Crippen molar-refractivity contribution in [2.45, 2.75) is 0 Å². The highest BCUT2D eigenvalue weighted by Gasteiger charge is 2.21. The number of hydrogen-bond acceptors (Lipinski definition) is 5. The van der Waals surface area contributed by atoms with Crippen LogP contribution in [-0.4, -0.2) is 49.0 Å². The van der Waals surface area contributed by atoms with Crippen LogP contribution in [0.4, 0.5) is 10.1 Å². The first kappa shape index (κ1) is 14.2. The van der Waals surface area contributed by atoms with Gasteiger partial charge in [-0.25, -0.2) is 9.40 Å². The van der Waals surface area contributed by atoms with E-state index in [4.69, 9.17) is 5.73 Å². The van der Waals surface area contributed by atoms with Crippen molar-refractivity contribution in [2.75, 3.05) is 39.0 Å². The number of carbonyl (C=O) groups excluding carboxylic acids is 1. The first-order valence-corrected chi connectivity index (χ1v) is 7.59. The summed E-state index contributed by atoms with van der Waals surface area (Å²) in [6, 6.07) is 4.75. The van der Waals surface area contributed by atoms with Crippen LogP contribution in [0.2, 0.25) is 0 Å². The molecule has 1 aromatic heterocycles. The summed E-state index contributed by atoms with van der Waals surface area (Å²) < 4.78 is 14.5. The Hall–Kier alpha value is -1.70. The molecule has 1 aromatic carbocycles. The highest BCUT2D eigenvalue weighted by atomic mass is 32.1. The van der Waals surface area contributed by atoms with Crippen LogP contribution in [-0.2, 0) is 0 Å². The number of carbonyl (C=O) groups is 1. The first-order chi connectivity index (χ1) is 10.1. The lowest BCUT2D eigenvalue weighted by molar-refractivity contribution is 0.0667. The molecule has 0 spiro atoms. The number of fused-ring (bicyclic) bond motifs is 1. The number of hydrogen-bond donors (Lipinski definition) is 2. The van der Waals surface area contributed by atoms with Gasteiger partial charge in [-0.3, -0.25) is 10.2 Å². The maximum Gasteiger partial charge on any atom is 0.277 e. The third-order valence-corrected chi connectivity index (χ3v) is 4.84. The quantitative estimate of drug-likeness (QED) is 0.883. The molecule has 1 amide bonds. The SMILES string of the molecule is CN1CCN(NC(=O)c2sc3cccc(F)c3c2N)CC1. The molecule has 0 bridgehead atoms. The van der Waals surface area contributed by atoms with Gasteiger partial charge >= 0.3 is 0 Å². The van der Waals surface area contributed by atoms with Gasteiger partial charge in [0.05, 0.1) is 11.1 Å². The summed E-state index contributed by atoms with van der Waals surface area (Å²) >= 11 is 1.22. The average molecular weight is 308 g/mol. The Bertz CT molecular complexity index is 679. The van der Waals surface area contributed by atoms with Gasteiger partial charge in [0.2, 0.25) is 0 Å². The molecule has 2 heterocycles. The van der Waals surface area contributed by atoms with E-state index in [9.17, 15) is 9.18 Å². The van der Waals surface area contributed by atoms with Crippen LogP contribution in [0.25, 0.3) is 10.1 Å². The van der Waals surface area contributed by atoms with E-state index < -0.39 is 0 Å². The summed E-state index contributed by atoms with van der Waals surface area (Å²) in [5.74, 6) is -0.655. The zero-order valence-electron chi connectivity index (χ0n) is 11.7. The molecule has 112 valence electrons. The Balaban J connectivity index is 1.82. The molecule has 5 nitrogen and oxygen atoms in total. The Morgan fingerprint density at radius 2 is 2.05 bits per heavy atom. The van der Waals surface area contributed by atoms with Gasteiger partial charge in [0.1, 0.15) is 10.7 Å². The molecule has 0 unspecified atom stereocenters. The summed E-state index contributed by atoms with van der Waals surface area (Å²) in [5.41, 5.74) is 9.03. The second-order valence-corrected chi connectivity index (χ2v) is 6.24. The molecule has 1 aliphatic heterocycles. The van der Waals surface area contributed by atoms with E-state index in [2.05, 4.69) is 10.3 Å². The third-order valence-electron chi connectivity index (χ3n) is 3.67. The molecule has 3 N–H and O–H groups in total. The maximum atomic E-state index is 13.8. The number of amides is 1. The number of nitrogens with zero attached hydrogens (tertiary/aromatic N) is 2. The van der Waals surface area contributed by atoms with E-state index in [1.54, 1.807) is 12.1 Å². The van der Waals surface area contributed by atoms with Crippen LogP contribution in [0, 0.1) is 5.82 Å². The predicted molar refractivity (Wildman–Crippen MR) is 82.7 cm³/mol. The van der Waals surface area contributed by atoms with Gasteiger partial charge in [-0.2, -0.15) is 0 Å². The number of hydrazine groups is 1. The van der Waals surface area contributed by atoms with Gasteiger partial charge in [0, 0.05) is 30.9 Å². The summed E-state index contributed by atoms with van der Waals surface area (Å²) in [6.07, 6.45) is 0. The van der Waals surface area contributed by atoms with Crippen molar-refractivity contribution >= 4 is 33.0 Å². The van der Waals surface area contributed by atoms with Gasteiger partial charge in [-0.05, 0) is 19.2 Å². The number of thiophene rings is 1. The standard InChI is InChI=1S/C14H17FN4OS/c1-18-5-7-19(8-6-18)17-14(20)13-12(16)11-9(15)3-2-4-10(11)21-13/h2-4H,5-8,16H2,1H3,(H,17,20). The monoisotopic (exact) mass is 308 g/mol. The van der Waals surface area contributed by atoms with Crippen LogP contribution in [0.5, 0.6) is 0 Å². The smallest absolute Gasteiger partial charge is 0.277 e. The van der Waals surface area contributed by atoms with Crippen molar-refractivity contribution in [3.8, 4) is 0 Å². The second kappa shape index (κ2) is 5.59. The molecule has 1 saturated heterocycles. The Labute approximate surface area is 126 Å². The van der Waals surface area contributed by atoms with Crippen molar-refractivity contribution in [2.24, 2.45) is 0 Å². The molecule has 2 aromatic rings. The largest absolute Gasteiger partial charge is 0.397 e. The van der Waals surface area contributed by atoms with Gasteiger partial charge in [0.15, 0.2) is 0 Å². The first-order valence-electron chi connectivity index (χ1n) is 6.77. The number of nitrogens with two attached hydrogens (primary N) is 1. The third kappa shape index (κ3) is 2.72. The molecule has 3 rings (SSSR count). The number of likely N-dealkylation sites (N-methyl/N-ethyl adjacent to an activating group) is 1. The van der Waals surface area contributed by atoms with Crippen molar-refractivity contribution < 1.29 is 9.18 Å². The van der Waals surface area contributed by atoms with Gasteiger partial charge in [-0.1, -0.05) is 6.07 Å². The normalized spacial score (nSPS) is 17.2. The van der Waals surface area contributed by atoms with Crippen molar-refractivity contribution in [1.82, 2.24) is 15.3 Å². The predicted octanol–water partition coefficient (Wildman–Crippen LogP) is 1.51. The van der Waals surface area contributed by atoms with Crippen LogP contribution >= 0.6 is 11.3 Å². The highest BCUT2D eigenvalue weighted by Crippen LogP contribution is 2.35. The zero-order chi connectivity index (χ0) is 15.0. The van der Waals surface area contributed by atoms with E-state index in [-0.39, 0.29) is 17.4 Å². The van der Waals surface area contributed by atoms with Crippen LogP contribution in [0.1, 0.15) is 9.67 Å². The molecular weight excluding hydrogens is 291 g/mol. The number of nitrogen functional groups attached to an aromatic ring is 1. The number of piperazine rings is 1. The van der Waals surface area contributed by atoms with Gasteiger partial charge in [-0.15, -0.1) is 11.3 Å². The molecule has 7 heteroatoms. The molecule has 1 aliphatic rings. The lowest BCUT2D eigenvalue weighted by atomic mass is 10.2. The number of halogens is 1. The van der Waals surface area contributed by atoms with Crippen LogP contribution in [0.3, 0.4) is 0 Å². The fourth-order valence-electron chi connectivity index (χ4n) is 2.41. The van der Waals surface area contributed by atoms with Crippen molar-refractivity contribution in [3.63, 3.8) is 0 Å². The minimum Gasteiger partial charge on any atom is -0.397 e. The molecule has 0 atom stereocenters. The Kier molecular flexibility index (Phi) is 3.79. The molecule has 0 aliphatic carbocycles. The van der Waals surface area contributed by atoms with Crippen molar-refractivity contribution in [3.05, 3.63) is 28.9 Å². The fourth-order valence-corrected chi connectivity index (χ4v) is 3.44. The number of nitrogens with one attached hydrogen (secondary N) is 1. The van der Waals surface area contributed by atoms with Crippen LogP contribution in [0.15, 0.2) is 18.2 Å².